The molecule has 0 atom stereocenters. The van der Waals surface area contributed by atoms with Gasteiger partial charge in [-0.3, -0.25) is 0 Å². The standard InChI is InChI=1S/C4H7O.C2H5O.BrH.Zn/c1-3-4(2)5;1-2-3;;/h2-3H2,1H3;2H2,1H3;1H;/q;-1;;+1. The van der Waals surface area contributed by atoms with Crippen molar-refractivity contribution in [1.82, 2.24) is 0 Å². The minimum atomic E-state index is -0.876. The summed E-state index contributed by atoms with van der Waals surface area (Å²) >= 11 is -0.876. The van der Waals surface area contributed by atoms with E-state index in [1.165, 1.54) is 0 Å². The summed E-state index contributed by atoms with van der Waals surface area (Å²) in [6.07, 6.45) is 0.679. The predicted molar refractivity (Wildman–Crippen MR) is 42.1 cm³/mol. The number of carbonyl (C=O) groups is 1. The van der Waals surface area contributed by atoms with Gasteiger partial charge in [-0.2, -0.15) is 0 Å². The van der Waals surface area contributed by atoms with Crippen LogP contribution in [0.4, 0.5) is 0 Å². The van der Waals surface area contributed by atoms with Crippen LogP contribution in [0.3, 0.4) is 0 Å². The van der Waals surface area contributed by atoms with E-state index in [1.807, 2.05) is 13.8 Å². The van der Waals surface area contributed by atoms with Crippen LogP contribution in [0, 0.1) is 0 Å². The fourth-order valence-corrected chi connectivity index (χ4v) is 2.64. The van der Waals surface area contributed by atoms with Crippen LogP contribution in [-0.4, -0.2) is 12.4 Å². The number of hydrogen-bond acceptors (Lipinski definition) is 2. The number of hydrogen-bond donors (Lipinski definition) is 0. The Labute approximate surface area is 80.5 Å². The van der Waals surface area contributed by atoms with E-state index < -0.39 is 17.5 Å². The summed E-state index contributed by atoms with van der Waals surface area (Å²) in [7, 11) is 0. The Balaban J connectivity index is 0. The molecule has 2 nitrogen and oxygen atoms in total. The van der Waals surface area contributed by atoms with Crippen LogP contribution in [0.15, 0.2) is 0 Å². The van der Waals surface area contributed by atoms with E-state index >= 15 is 0 Å². The Hall–Kier alpha value is 0.733. The Morgan fingerprint density at radius 3 is 2.50 bits per heavy atom. The topological polar surface area (TPSA) is 26.3 Å². The van der Waals surface area contributed by atoms with Crippen LogP contribution >= 0.6 is 17.0 Å². The number of rotatable bonds is 5. The summed E-state index contributed by atoms with van der Waals surface area (Å²) in [5.41, 5.74) is 0. The van der Waals surface area contributed by atoms with Crippen LogP contribution in [0.25, 0.3) is 0 Å². The van der Waals surface area contributed by atoms with E-state index in [1.54, 1.807) is 0 Å². The zero-order chi connectivity index (χ0) is 7.11. The molecule has 0 heterocycles. The second-order valence-electron chi connectivity index (χ2n) is 1.84. The van der Waals surface area contributed by atoms with E-state index in [-0.39, 0.29) is 17.0 Å². The van der Waals surface area contributed by atoms with Crippen LogP contribution in [0.2, 0.25) is 5.02 Å². The Morgan fingerprint density at radius 2 is 2.10 bits per heavy atom. The molecule has 0 N–H and O–H groups in total. The third-order valence-electron chi connectivity index (χ3n) is 1.12. The first-order chi connectivity index (χ1) is 4.31. The van der Waals surface area contributed by atoms with Gasteiger partial charge < -0.3 is 0 Å². The maximum absolute atomic E-state index is 10.7. The molecule has 0 fully saturated rings. The molecule has 0 spiro atoms. The van der Waals surface area contributed by atoms with Gasteiger partial charge >= 0.3 is 63.5 Å². The summed E-state index contributed by atoms with van der Waals surface area (Å²) in [5.74, 6) is 0.364. The van der Waals surface area contributed by atoms with Crippen molar-refractivity contribution in [3.8, 4) is 0 Å². The van der Waals surface area contributed by atoms with Gasteiger partial charge in [0.1, 0.15) is 0 Å². The van der Waals surface area contributed by atoms with Crippen molar-refractivity contribution in [2.45, 2.75) is 25.3 Å². The molecule has 0 radical (unpaired) electrons. The molecular weight excluding hydrogens is 249 g/mol. The molecule has 0 aliphatic carbocycles. The van der Waals surface area contributed by atoms with E-state index in [2.05, 4.69) is 0 Å². The van der Waals surface area contributed by atoms with Gasteiger partial charge in [-0.05, 0) is 0 Å². The Kier molecular flexibility index (Phi) is 13.0. The normalized spacial score (nSPS) is 7.80. The van der Waals surface area contributed by atoms with E-state index in [0.29, 0.717) is 12.2 Å². The summed E-state index contributed by atoms with van der Waals surface area (Å²) in [6, 6.07) is 0. The molecule has 0 bridgehead atoms. The van der Waals surface area contributed by atoms with Gasteiger partial charge in [-0.15, -0.1) is 17.0 Å². The first kappa shape index (κ1) is 13.3. The number of Topliss-reactive ketones (excluding diaryl/α,β-unsaturated/α-hetero) is 1. The quantitative estimate of drug-likeness (QED) is 0.559. The first-order valence-electron chi connectivity index (χ1n) is 3.40. The monoisotopic (exact) mass is 260 g/mol. The zero-order valence-electron chi connectivity index (χ0n) is 6.55. The van der Waals surface area contributed by atoms with E-state index in [4.69, 9.17) is 3.56 Å². The molecule has 0 unspecified atom stereocenters. The van der Waals surface area contributed by atoms with Crippen molar-refractivity contribution >= 4 is 22.8 Å². The van der Waals surface area contributed by atoms with Gasteiger partial charge in [-0.25, -0.2) is 0 Å². The number of carbonyl (C=O) groups excluding carboxylic acids is 1. The summed E-state index contributed by atoms with van der Waals surface area (Å²) in [6.45, 7) is 4.66. The molecule has 0 saturated heterocycles. The molecule has 0 amide bonds. The average molecular weight is 262 g/mol. The minimum absolute atomic E-state index is 0. The molecule has 10 heavy (non-hydrogen) atoms. The van der Waals surface area contributed by atoms with Gasteiger partial charge in [0.15, 0.2) is 0 Å². The van der Waals surface area contributed by atoms with Crippen LogP contribution < -0.4 is 0 Å². The summed E-state index contributed by atoms with van der Waals surface area (Å²) in [4.78, 5) is 10.7. The molecule has 0 aromatic rings. The average Bonchev–Trinajstić information content (AvgIpc) is 1.89. The second kappa shape index (κ2) is 9.73. The Morgan fingerprint density at radius 1 is 1.50 bits per heavy atom. The Bertz CT molecular complexity index is 87.8. The third kappa shape index (κ3) is 8.73. The fraction of sp³-hybridized carbons (Fsp3) is 0.833. The summed E-state index contributed by atoms with van der Waals surface area (Å²) < 4.78 is 5.17. The fourth-order valence-electron chi connectivity index (χ4n) is 0.507. The molecule has 4 heteroatoms. The van der Waals surface area contributed by atoms with E-state index in [0.717, 1.165) is 11.6 Å². The van der Waals surface area contributed by atoms with Crippen molar-refractivity contribution in [3.05, 3.63) is 0 Å². The third-order valence-corrected chi connectivity index (χ3v) is 4.18. The molecule has 0 aromatic heterocycles. The SMILES string of the molecule is Br.CC[O][Zn][CH2]C(=O)CC. The van der Waals surface area contributed by atoms with Gasteiger partial charge in [0.05, 0.1) is 0 Å². The van der Waals surface area contributed by atoms with Crippen molar-refractivity contribution in [3.63, 3.8) is 0 Å². The zero-order valence-corrected chi connectivity index (χ0v) is 11.2. The van der Waals surface area contributed by atoms with Gasteiger partial charge in [-0.1, -0.05) is 0 Å². The molecule has 0 rings (SSSR count). The van der Waals surface area contributed by atoms with E-state index in [9.17, 15) is 4.79 Å². The van der Waals surface area contributed by atoms with Crippen LogP contribution in [-0.2, 0) is 25.8 Å². The molecule has 0 aromatic carbocycles. The molecule has 58 valence electrons. The first-order valence-corrected chi connectivity index (χ1v) is 6.71. The molecule has 0 saturated carbocycles. The van der Waals surface area contributed by atoms with Crippen LogP contribution in [0.1, 0.15) is 20.3 Å². The molecular formula is C6H13BrO2Zn. The van der Waals surface area contributed by atoms with Crippen molar-refractivity contribution in [2.75, 3.05) is 6.61 Å². The maximum atomic E-state index is 10.7. The van der Waals surface area contributed by atoms with Crippen molar-refractivity contribution in [1.29, 1.82) is 0 Å². The number of ketones is 1. The van der Waals surface area contributed by atoms with Crippen LogP contribution in [0.5, 0.6) is 0 Å². The van der Waals surface area contributed by atoms with Gasteiger partial charge in [0, 0.05) is 0 Å². The second-order valence-corrected chi connectivity index (χ2v) is 4.60. The van der Waals surface area contributed by atoms with Gasteiger partial charge in [0.2, 0.25) is 0 Å². The van der Waals surface area contributed by atoms with Crippen molar-refractivity contribution in [2.24, 2.45) is 0 Å². The summed E-state index contributed by atoms with van der Waals surface area (Å²) in [5, 5.41) is 0.761. The number of halogens is 1. The van der Waals surface area contributed by atoms with Crippen molar-refractivity contribution < 1.29 is 25.8 Å². The molecule has 0 aliphatic heterocycles. The van der Waals surface area contributed by atoms with Gasteiger partial charge in [0.25, 0.3) is 0 Å². The molecule has 0 aliphatic rings. The predicted octanol–water partition coefficient (Wildman–Crippen LogP) is 2.00.